The summed E-state index contributed by atoms with van der Waals surface area (Å²) in [5, 5.41) is 0.977. The molecular weight excluding hydrogens is 436 g/mol. The van der Waals surface area contributed by atoms with Crippen molar-refractivity contribution in [2.24, 2.45) is 5.73 Å². The first kappa shape index (κ1) is 21.9. The van der Waals surface area contributed by atoms with E-state index >= 15 is 0 Å². The normalized spacial score (nSPS) is 19.9. The molecule has 1 fully saturated rings. The molecule has 0 bridgehead atoms. The molecule has 1 aromatic carbocycles. The Morgan fingerprint density at radius 3 is 2.82 bits per heavy atom. The monoisotopic (exact) mass is 466 g/mol. The van der Waals surface area contributed by atoms with Crippen molar-refractivity contribution in [3.8, 4) is 5.88 Å². The van der Waals surface area contributed by atoms with E-state index in [4.69, 9.17) is 24.9 Å². The zero-order valence-electron chi connectivity index (χ0n) is 19.3. The summed E-state index contributed by atoms with van der Waals surface area (Å²) < 4.78 is 20.0. The van der Waals surface area contributed by atoms with Crippen molar-refractivity contribution in [1.82, 2.24) is 9.55 Å². The number of amides is 1. The summed E-state index contributed by atoms with van der Waals surface area (Å²) in [5.74, 6) is 0.0559. The number of anilines is 2. The lowest BCUT2D eigenvalue weighted by atomic mass is 10.0. The molecule has 0 aliphatic carbocycles. The Labute approximate surface area is 194 Å². The van der Waals surface area contributed by atoms with Gasteiger partial charge in [-0.1, -0.05) is 31.8 Å². The fraction of sp³-hybridized carbons (Fsp3) is 0.417. The second kappa shape index (κ2) is 8.47. The van der Waals surface area contributed by atoms with Gasteiger partial charge in [-0.2, -0.15) is 4.98 Å². The number of aromatic nitrogens is 2. The van der Waals surface area contributed by atoms with Crippen LogP contribution in [0, 0.1) is 0 Å². The number of ether oxygens (including phenoxy) is 3. The van der Waals surface area contributed by atoms with E-state index in [0.717, 1.165) is 35.1 Å². The van der Waals surface area contributed by atoms with Gasteiger partial charge >= 0.3 is 0 Å². The minimum atomic E-state index is -1.14. The number of pyridine rings is 1. The Balaban J connectivity index is 1.51. The van der Waals surface area contributed by atoms with Crippen LogP contribution in [0.1, 0.15) is 10.4 Å². The lowest BCUT2D eigenvalue weighted by Crippen LogP contribution is -2.47. The van der Waals surface area contributed by atoms with Crippen LogP contribution in [0.4, 0.5) is 11.4 Å². The van der Waals surface area contributed by atoms with E-state index in [0.29, 0.717) is 31.4 Å². The van der Waals surface area contributed by atoms with Crippen LogP contribution in [0.15, 0.2) is 42.6 Å². The maximum atomic E-state index is 12.2. The molecule has 33 heavy (non-hydrogen) atoms. The Morgan fingerprint density at radius 2 is 2.03 bits per heavy atom. The summed E-state index contributed by atoms with van der Waals surface area (Å²) in [7, 11) is -1.14. The van der Waals surface area contributed by atoms with Crippen LogP contribution in [-0.2, 0) is 16.2 Å². The summed E-state index contributed by atoms with van der Waals surface area (Å²) in [6, 6.07) is 12.5. The van der Waals surface area contributed by atoms with E-state index in [-0.39, 0.29) is 12.1 Å². The Hall–Kier alpha value is -2.88. The number of hydrogen-bond acceptors (Lipinski definition) is 6. The van der Waals surface area contributed by atoms with Crippen LogP contribution in [0.5, 0.6) is 5.88 Å². The van der Waals surface area contributed by atoms with E-state index in [1.165, 1.54) is 0 Å². The number of benzene rings is 1. The van der Waals surface area contributed by atoms with E-state index < -0.39 is 14.0 Å². The molecule has 8 nitrogen and oxygen atoms in total. The molecule has 174 valence electrons. The van der Waals surface area contributed by atoms with Crippen molar-refractivity contribution in [2.75, 3.05) is 24.7 Å². The van der Waals surface area contributed by atoms with Gasteiger partial charge in [0.05, 0.1) is 30.5 Å². The summed E-state index contributed by atoms with van der Waals surface area (Å²) in [4.78, 5) is 19.1. The highest BCUT2D eigenvalue weighted by molar-refractivity contribution is 6.76. The quantitative estimate of drug-likeness (QED) is 0.421. The van der Waals surface area contributed by atoms with Crippen LogP contribution in [0.3, 0.4) is 0 Å². The molecule has 0 unspecified atom stereocenters. The summed E-state index contributed by atoms with van der Waals surface area (Å²) in [6.07, 6.45) is 1.81. The van der Waals surface area contributed by atoms with Crippen LogP contribution >= 0.6 is 0 Å². The van der Waals surface area contributed by atoms with Gasteiger partial charge in [-0.05, 0) is 30.3 Å². The highest BCUT2D eigenvalue weighted by Crippen LogP contribution is 2.44. The topological polar surface area (TPSA) is 91.8 Å². The van der Waals surface area contributed by atoms with Gasteiger partial charge in [0.25, 0.3) is 5.91 Å². The molecule has 2 aromatic heterocycles. The first-order valence-electron chi connectivity index (χ1n) is 11.3. The SMILES string of the molecule is C[Si](C)(C)CCOCn1ccc2cc3c(nc21)O[C@@H]1COC[C@H]1N3c1ccccc1C(N)=O. The van der Waals surface area contributed by atoms with Gasteiger partial charge in [0.1, 0.15) is 24.2 Å². The number of rotatable bonds is 7. The van der Waals surface area contributed by atoms with Gasteiger partial charge in [-0.15, -0.1) is 0 Å². The van der Waals surface area contributed by atoms with Gasteiger partial charge < -0.3 is 29.4 Å². The molecule has 0 saturated carbocycles. The number of nitrogens with zero attached hydrogens (tertiary/aromatic N) is 3. The van der Waals surface area contributed by atoms with Crippen LogP contribution in [0.25, 0.3) is 11.0 Å². The highest BCUT2D eigenvalue weighted by atomic mass is 28.3. The van der Waals surface area contributed by atoms with E-state index in [2.05, 4.69) is 30.6 Å². The molecule has 3 aromatic rings. The largest absolute Gasteiger partial charge is 0.468 e. The molecular formula is C24H30N4O4Si. The lowest BCUT2D eigenvalue weighted by Gasteiger charge is -2.39. The van der Waals surface area contributed by atoms with E-state index in [1.807, 2.05) is 35.0 Å². The molecule has 0 spiro atoms. The third-order valence-electron chi connectivity index (χ3n) is 6.19. The summed E-state index contributed by atoms with van der Waals surface area (Å²) in [5.41, 5.74) is 8.52. The molecule has 9 heteroatoms. The number of primary amides is 1. The van der Waals surface area contributed by atoms with Gasteiger partial charge in [-0.3, -0.25) is 4.79 Å². The number of carbonyl (C=O) groups excluding carboxylic acids is 1. The highest BCUT2D eigenvalue weighted by Gasteiger charge is 2.43. The van der Waals surface area contributed by atoms with E-state index in [9.17, 15) is 4.79 Å². The number of nitrogens with two attached hydrogens (primary N) is 1. The van der Waals surface area contributed by atoms with Crippen molar-refractivity contribution in [1.29, 1.82) is 0 Å². The zero-order valence-corrected chi connectivity index (χ0v) is 20.3. The maximum Gasteiger partial charge on any atom is 0.250 e. The third-order valence-corrected chi connectivity index (χ3v) is 7.90. The van der Waals surface area contributed by atoms with Gasteiger partial charge in [0.2, 0.25) is 5.88 Å². The third kappa shape index (κ3) is 4.23. The van der Waals surface area contributed by atoms with Crippen LogP contribution < -0.4 is 15.4 Å². The fourth-order valence-corrected chi connectivity index (χ4v) is 5.15. The molecule has 2 N–H and O–H groups in total. The van der Waals surface area contributed by atoms with Gasteiger partial charge in [0.15, 0.2) is 0 Å². The minimum absolute atomic E-state index is 0.0655. The average molecular weight is 467 g/mol. The minimum Gasteiger partial charge on any atom is -0.468 e. The maximum absolute atomic E-state index is 12.2. The second-order valence-corrected chi connectivity index (χ2v) is 15.5. The molecule has 0 radical (unpaired) electrons. The number of para-hydroxylation sites is 1. The molecule has 2 aliphatic heterocycles. The van der Waals surface area contributed by atoms with Crippen molar-refractivity contribution in [2.45, 2.75) is 44.6 Å². The second-order valence-electron chi connectivity index (χ2n) is 9.87. The number of hydrogen-bond donors (Lipinski definition) is 1. The fourth-order valence-electron chi connectivity index (χ4n) is 4.39. The standard InChI is InChI=1S/C24H30N4O4Si/c1-33(2,3)11-10-30-15-27-9-8-16-12-19-24(26-23(16)27)32-21-14-31-13-20(21)28(19)18-7-5-4-6-17(18)22(25)29/h4-9,12,20-21H,10-11,13-15H2,1-3H3,(H2,25,29)/t20-,21-/m1/s1. The predicted molar refractivity (Wildman–Crippen MR) is 130 cm³/mol. The first-order chi connectivity index (χ1) is 15.8. The zero-order chi connectivity index (χ0) is 23.2. The van der Waals surface area contributed by atoms with Crippen LogP contribution in [-0.4, -0.2) is 55.5 Å². The van der Waals surface area contributed by atoms with Crippen LogP contribution in [0.2, 0.25) is 25.7 Å². The van der Waals surface area contributed by atoms with Crippen molar-refractivity contribution in [3.63, 3.8) is 0 Å². The first-order valence-corrected chi connectivity index (χ1v) is 15.0. The molecule has 2 aliphatic rings. The molecule has 1 saturated heterocycles. The molecule has 4 heterocycles. The molecule has 5 rings (SSSR count). The van der Waals surface area contributed by atoms with Gasteiger partial charge in [0, 0.05) is 26.3 Å². The molecule has 1 amide bonds. The van der Waals surface area contributed by atoms with Crippen molar-refractivity contribution < 1.29 is 19.0 Å². The summed E-state index contributed by atoms with van der Waals surface area (Å²) in [6.45, 7) is 9.19. The Bertz CT molecular complexity index is 1190. The number of fused-ring (bicyclic) bond motifs is 3. The Kier molecular flexibility index (Phi) is 5.63. The van der Waals surface area contributed by atoms with E-state index in [1.54, 1.807) is 6.07 Å². The lowest BCUT2D eigenvalue weighted by molar-refractivity contribution is 0.0896. The van der Waals surface area contributed by atoms with Crippen molar-refractivity contribution >= 4 is 36.4 Å². The summed E-state index contributed by atoms with van der Waals surface area (Å²) >= 11 is 0. The van der Waals surface area contributed by atoms with Gasteiger partial charge in [-0.25, -0.2) is 0 Å². The molecule has 2 atom stereocenters. The number of carbonyl (C=O) groups is 1. The van der Waals surface area contributed by atoms with Crippen molar-refractivity contribution in [3.05, 3.63) is 48.2 Å². The predicted octanol–water partition coefficient (Wildman–Crippen LogP) is 3.75. The Morgan fingerprint density at radius 1 is 1.21 bits per heavy atom. The smallest absolute Gasteiger partial charge is 0.250 e. The average Bonchev–Trinajstić information content (AvgIpc) is 3.39.